The number of ether oxygens (including phenoxy) is 1. The van der Waals surface area contributed by atoms with Crippen molar-refractivity contribution in [1.82, 2.24) is 4.90 Å². The number of likely N-dealkylation sites (tertiary alicyclic amines) is 1. The van der Waals surface area contributed by atoms with E-state index in [-0.39, 0.29) is 17.6 Å². The van der Waals surface area contributed by atoms with Gasteiger partial charge in [0.25, 0.3) is 0 Å². The van der Waals surface area contributed by atoms with Gasteiger partial charge >= 0.3 is 0 Å². The standard InChI is InChI=1S/C18H23NO2/c1-11-5-6-12-10-13-18(20)7-3-4-14-17(18,8-9-19(13)2)15(12)16(11)21-14/h5-6,13-14,20H,3-4,7-10H2,1-2H3/t13-,14?,17?,18?/m0/s1. The molecule has 2 aliphatic carbocycles. The Bertz CT molecular complexity index is 642. The zero-order chi connectivity index (χ0) is 14.4. The maximum absolute atomic E-state index is 11.8. The van der Waals surface area contributed by atoms with Crippen LogP contribution < -0.4 is 4.74 Å². The van der Waals surface area contributed by atoms with Gasteiger partial charge in [0.1, 0.15) is 11.9 Å². The molecule has 2 heterocycles. The van der Waals surface area contributed by atoms with Crippen molar-refractivity contribution in [3.8, 4) is 5.75 Å². The van der Waals surface area contributed by atoms with Gasteiger partial charge in [0.15, 0.2) is 0 Å². The normalized spacial score (nSPS) is 43.4. The Hall–Kier alpha value is -1.06. The van der Waals surface area contributed by atoms with Gasteiger partial charge in [-0.05, 0) is 63.7 Å². The molecule has 1 saturated heterocycles. The molecule has 1 aromatic rings. The summed E-state index contributed by atoms with van der Waals surface area (Å²) in [6.07, 6.45) is 5.27. The van der Waals surface area contributed by atoms with Crippen LogP contribution in [0.5, 0.6) is 5.75 Å². The number of benzene rings is 1. The minimum Gasteiger partial charge on any atom is -0.489 e. The number of hydrogen-bond acceptors (Lipinski definition) is 3. The number of hydrogen-bond donors (Lipinski definition) is 1. The van der Waals surface area contributed by atoms with E-state index >= 15 is 0 Å². The highest BCUT2D eigenvalue weighted by atomic mass is 16.5. The van der Waals surface area contributed by atoms with Gasteiger partial charge in [-0.15, -0.1) is 0 Å². The van der Waals surface area contributed by atoms with Gasteiger partial charge in [-0.2, -0.15) is 0 Å². The van der Waals surface area contributed by atoms with Crippen LogP contribution >= 0.6 is 0 Å². The molecule has 2 aliphatic heterocycles. The van der Waals surface area contributed by atoms with Crippen molar-refractivity contribution >= 4 is 0 Å². The molecule has 1 aromatic carbocycles. The van der Waals surface area contributed by atoms with Crippen LogP contribution in [0.4, 0.5) is 0 Å². The molecular weight excluding hydrogens is 262 g/mol. The Morgan fingerprint density at radius 2 is 2.19 bits per heavy atom. The van der Waals surface area contributed by atoms with Gasteiger partial charge in [-0.3, -0.25) is 0 Å². The molecule has 3 heteroatoms. The van der Waals surface area contributed by atoms with E-state index in [1.165, 1.54) is 16.7 Å². The number of piperidine rings is 1. The molecule has 2 fully saturated rings. The second kappa shape index (κ2) is 3.64. The summed E-state index contributed by atoms with van der Waals surface area (Å²) >= 11 is 0. The monoisotopic (exact) mass is 285 g/mol. The van der Waals surface area contributed by atoms with E-state index in [0.29, 0.717) is 0 Å². The Morgan fingerprint density at radius 1 is 1.33 bits per heavy atom. The summed E-state index contributed by atoms with van der Waals surface area (Å²) in [5.41, 5.74) is 3.28. The predicted octanol–water partition coefficient (Wildman–Crippen LogP) is 2.17. The first-order chi connectivity index (χ1) is 10.1. The molecule has 1 N–H and O–H groups in total. The highest BCUT2D eigenvalue weighted by Crippen LogP contribution is 2.64. The van der Waals surface area contributed by atoms with Crippen LogP contribution in [-0.4, -0.2) is 41.3 Å². The van der Waals surface area contributed by atoms with Gasteiger partial charge < -0.3 is 14.7 Å². The molecule has 0 amide bonds. The van der Waals surface area contributed by atoms with E-state index in [1.54, 1.807) is 0 Å². The molecule has 3 nitrogen and oxygen atoms in total. The van der Waals surface area contributed by atoms with Crippen molar-refractivity contribution in [3.63, 3.8) is 0 Å². The molecule has 1 spiro atoms. The lowest BCUT2D eigenvalue weighted by Crippen LogP contribution is -2.74. The fraction of sp³-hybridized carbons (Fsp3) is 0.667. The molecule has 21 heavy (non-hydrogen) atoms. The van der Waals surface area contributed by atoms with Crippen molar-refractivity contribution in [2.75, 3.05) is 13.6 Å². The zero-order valence-electron chi connectivity index (χ0n) is 12.9. The molecule has 112 valence electrons. The number of nitrogens with zero attached hydrogens (tertiary/aromatic N) is 1. The largest absolute Gasteiger partial charge is 0.489 e. The lowest BCUT2D eigenvalue weighted by atomic mass is 9.49. The summed E-state index contributed by atoms with van der Waals surface area (Å²) in [7, 11) is 2.18. The molecule has 0 aromatic heterocycles. The first-order valence-electron chi connectivity index (χ1n) is 8.30. The van der Waals surface area contributed by atoms with Crippen LogP contribution in [-0.2, 0) is 11.8 Å². The third-order valence-corrected chi connectivity index (χ3v) is 6.85. The van der Waals surface area contributed by atoms with Gasteiger partial charge in [0.2, 0.25) is 0 Å². The quantitative estimate of drug-likeness (QED) is 0.793. The summed E-state index contributed by atoms with van der Waals surface area (Å²) in [6.45, 7) is 3.21. The van der Waals surface area contributed by atoms with Gasteiger partial charge in [0, 0.05) is 11.6 Å². The van der Waals surface area contributed by atoms with Crippen LogP contribution in [0.15, 0.2) is 12.1 Å². The number of likely N-dealkylation sites (N-methyl/N-ethyl adjacent to an activating group) is 1. The molecule has 5 rings (SSSR count). The predicted molar refractivity (Wildman–Crippen MR) is 80.8 cm³/mol. The molecule has 4 aliphatic rings. The number of aryl methyl sites for hydroxylation is 1. The van der Waals surface area contributed by atoms with Crippen LogP contribution in [0.2, 0.25) is 0 Å². The second-order valence-corrected chi connectivity index (χ2v) is 7.59. The van der Waals surface area contributed by atoms with Crippen LogP contribution in [0.1, 0.15) is 42.4 Å². The fourth-order valence-electron chi connectivity index (χ4n) is 5.90. The van der Waals surface area contributed by atoms with Gasteiger partial charge in [0.05, 0.1) is 11.0 Å². The molecule has 0 radical (unpaired) electrons. The minimum absolute atomic E-state index is 0.142. The van der Waals surface area contributed by atoms with Gasteiger partial charge in [-0.1, -0.05) is 12.1 Å². The second-order valence-electron chi connectivity index (χ2n) is 7.59. The van der Waals surface area contributed by atoms with Crippen molar-refractivity contribution in [2.45, 2.75) is 62.2 Å². The van der Waals surface area contributed by atoms with E-state index in [4.69, 9.17) is 4.74 Å². The maximum atomic E-state index is 11.8. The Kier molecular flexibility index (Phi) is 2.16. The van der Waals surface area contributed by atoms with Gasteiger partial charge in [-0.25, -0.2) is 0 Å². The lowest BCUT2D eigenvalue weighted by molar-refractivity contribution is -0.180. The van der Waals surface area contributed by atoms with Crippen LogP contribution in [0.3, 0.4) is 0 Å². The molecule has 4 atom stereocenters. The zero-order valence-corrected chi connectivity index (χ0v) is 12.9. The van der Waals surface area contributed by atoms with E-state index < -0.39 is 5.60 Å². The number of aliphatic hydroxyl groups is 1. The number of rotatable bonds is 0. The third kappa shape index (κ3) is 1.18. The average Bonchev–Trinajstić information content (AvgIpc) is 2.80. The van der Waals surface area contributed by atoms with Crippen molar-refractivity contribution in [2.24, 2.45) is 0 Å². The Morgan fingerprint density at radius 3 is 3.05 bits per heavy atom. The average molecular weight is 285 g/mol. The molecule has 3 unspecified atom stereocenters. The topological polar surface area (TPSA) is 32.7 Å². The first kappa shape index (κ1) is 12.5. The van der Waals surface area contributed by atoms with Crippen molar-refractivity contribution < 1.29 is 9.84 Å². The van der Waals surface area contributed by atoms with E-state index in [0.717, 1.165) is 44.4 Å². The summed E-state index contributed by atoms with van der Waals surface area (Å²) in [5, 5.41) is 11.8. The summed E-state index contributed by atoms with van der Waals surface area (Å²) < 4.78 is 6.43. The Labute approximate surface area is 125 Å². The first-order valence-corrected chi connectivity index (χ1v) is 8.30. The smallest absolute Gasteiger partial charge is 0.126 e. The van der Waals surface area contributed by atoms with E-state index in [2.05, 4.69) is 31.0 Å². The highest BCUT2D eigenvalue weighted by molar-refractivity contribution is 5.59. The lowest BCUT2D eigenvalue weighted by Gasteiger charge is -2.62. The third-order valence-electron chi connectivity index (χ3n) is 6.85. The van der Waals surface area contributed by atoms with E-state index in [1.807, 2.05) is 0 Å². The molecule has 2 bridgehead atoms. The SMILES string of the molecule is Cc1ccc2c3c1OC1CCCC4(O)[C@H](C2)N(C)CCC314. The van der Waals surface area contributed by atoms with Crippen LogP contribution in [0, 0.1) is 6.92 Å². The Balaban J connectivity index is 1.86. The summed E-state index contributed by atoms with van der Waals surface area (Å²) in [4.78, 5) is 2.38. The fourth-order valence-corrected chi connectivity index (χ4v) is 5.90. The maximum Gasteiger partial charge on any atom is 0.126 e. The molecule has 1 saturated carbocycles. The summed E-state index contributed by atoms with van der Waals surface area (Å²) in [6, 6.07) is 4.73. The minimum atomic E-state index is -0.602. The van der Waals surface area contributed by atoms with Crippen molar-refractivity contribution in [1.29, 1.82) is 0 Å². The van der Waals surface area contributed by atoms with Crippen LogP contribution in [0.25, 0.3) is 0 Å². The van der Waals surface area contributed by atoms with Crippen molar-refractivity contribution in [3.05, 3.63) is 28.8 Å². The highest BCUT2D eigenvalue weighted by Gasteiger charge is 2.70. The summed E-state index contributed by atoms with van der Waals surface area (Å²) in [5.74, 6) is 1.10. The van der Waals surface area contributed by atoms with E-state index in [9.17, 15) is 5.11 Å². The molecular formula is C18H23NO2.